The predicted molar refractivity (Wildman–Crippen MR) is 249 cm³/mol. The van der Waals surface area contributed by atoms with Crippen LogP contribution in [0.1, 0.15) is 99.3 Å². The van der Waals surface area contributed by atoms with Crippen LogP contribution < -0.4 is 0 Å². The molecule has 4 aliphatic carbocycles. The third-order valence-corrected chi connectivity index (χ3v) is 19.5. The molecule has 0 spiro atoms. The van der Waals surface area contributed by atoms with Crippen LogP contribution in [0.4, 0.5) is 0 Å². The van der Waals surface area contributed by atoms with Gasteiger partial charge in [0, 0.05) is 12.3 Å². The lowest BCUT2D eigenvalue weighted by Crippen LogP contribution is -2.66. The number of aliphatic hydroxyl groups is 13. The summed E-state index contributed by atoms with van der Waals surface area (Å²) in [4.78, 5) is 0. The average molecular weight is 1050 g/mol. The van der Waals surface area contributed by atoms with E-state index >= 15 is 0 Å². The van der Waals surface area contributed by atoms with Crippen LogP contribution in [0.3, 0.4) is 0 Å². The fourth-order valence-corrected chi connectivity index (χ4v) is 14.9. The summed E-state index contributed by atoms with van der Waals surface area (Å²) >= 11 is 0. The summed E-state index contributed by atoms with van der Waals surface area (Å²) in [5.41, 5.74) is 1.10. The maximum Gasteiger partial charge on any atom is 0.187 e. The van der Waals surface area contributed by atoms with Crippen molar-refractivity contribution in [3.63, 3.8) is 0 Å². The molecule has 0 aromatic rings. The van der Waals surface area contributed by atoms with Crippen LogP contribution in [0.2, 0.25) is 0 Å². The smallest absolute Gasteiger partial charge is 0.187 e. The quantitative estimate of drug-likeness (QED) is 0.0839. The topological polar surface area (TPSA) is 346 Å². The van der Waals surface area contributed by atoms with E-state index in [0.717, 1.165) is 32.1 Å². The van der Waals surface area contributed by atoms with E-state index in [4.69, 9.17) is 42.6 Å². The van der Waals surface area contributed by atoms with E-state index in [-0.39, 0.29) is 41.3 Å². The number of ether oxygens (including phenoxy) is 9. The number of rotatable bonds is 14. The Kier molecular flexibility index (Phi) is 16.9. The van der Waals surface area contributed by atoms with Crippen LogP contribution in [0.15, 0.2) is 11.6 Å². The highest BCUT2D eigenvalue weighted by molar-refractivity contribution is 5.26. The molecule has 5 saturated heterocycles. The number of allylic oxidation sites excluding steroid dienone is 1. The molecule has 420 valence electrons. The van der Waals surface area contributed by atoms with Gasteiger partial charge in [0.05, 0.1) is 44.2 Å². The molecule has 9 rings (SSSR count). The molecule has 0 radical (unpaired) electrons. The van der Waals surface area contributed by atoms with Crippen molar-refractivity contribution in [2.75, 3.05) is 19.8 Å². The van der Waals surface area contributed by atoms with Gasteiger partial charge in [-0.1, -0.05) is 39.3 Å². The summed E-state index contributed by atoms with van der Waals surface area (Å²) in [5, 5.41) is 139. The van der Waals surface area contributed by atoms with Gasteiger partial charge < -0.3 is 109 Å². The number of aliphatic hydroxyl groups excluding tert-OH is 12. The van der Waals surface area contributed by atoms with E-state index in [1.807, 2.05) is 6.92 Å². The van der Waals surface area contributed by atoms with Gasteiger partial charge in [0.2, 0.25) is 0 Å². The third-order valence-electron chi connectivity index (χ3n) is 19.5. The molecule has 13 N–H and O–H groups in total. The molecule has 31 atom stereocenters. The minimum absolute atomic E-state index is 0.0508. The van der Waals surface area contributed by atoms with Crippen LogP contribution in [0.25, 0.3) is 0 Å². The number of hydrogen-bond donors (Lipinski definition) is 13. The Labute approximate surface area is 426 Å². The van der Waals surface area contributed by atoms with Gasteiger partial charge in [0.15, 0.2) is 30.9 Å². The molecule has 9 aliphatic rings. The maximum absolute atomic E-state index is 12.1. The fraction of sp³-hybridized carbons (Fsp3) is 0.961. The minimum Gasteiger partial charge on any atom is -0.394 e. The summed E-state index contributed by atoms with van der Waals surface area (Å²) in [6, 6.07) is 0. The Hall–Kier alpha value is -1.14. The van der Waals surface area contributed by atoms with Crippen molar-refractivity contribution in [1.82, 2.24) is 0 Å². The zero-order valence-electron chi connectivity index (χ0n) is 42.7. The summed E-state index contributed by atoms with van der Waals surface area (Å²) in [7, 11) is 0. The van der Waals surface area contributed by atoms with Crippen LogP contribution >= 0.6 is 0 Å². The lowest BCUT2D eigenvalue weighted by molar-refractivity contribution is -0.384. The highest BCUT2D eigenvalue weighted by atomic mass is 16.8. The van der Waals surface area contributed by atoms with Gasteiger partial charge >= 0.3 is 0 Å². The van der Waals surface area contributed by atoms with E-state index in [1.165, 1.54) is 19.4 Å². The Morgan fingerprint density at radius 2 is 1.25 bits per heavy atom. The number of fused-ring (bicyclic) bond motifs is 7. The summed E-state index contributed by atoms with van der Waals surface area (Å²) < 4.78 is 54.1. The van der Waals surface area contributed by atoms with Crippen molar-refractivity contribution < 1.29 is 109 Å². The Morgan fingerprint density at radius 1 is 0.644 bits per heavy atom. The molecule has 5 heterocycles. The van der Waals surface area contributed by atoms with E-state index < -0.39 is 148 Å². The normalized spacial score (nSPS) is 55.5. The van der Waals surface area contributed by atoms with Gasteiger partial charge in [-0.05, 0) is 106 Å². The first-order valence-electron chi connectivity index (χ1n) is 26.8. The first-order chi connectivity index (χ1) is 34.5. The van der Waals surface area contributed by atoms with Crippen molar-refractivity contribution >= 4 is 0 Å². The highest BCUT2D eigenvalue weighted by Crippen LogP contribution is 2.70. The first-order valence-corrected chi connectivity index (χ1v) is 26.8. The van der Waals surface area contributed by atoms with Gasteiger partial charge in [-0.25, -0.2) is 0 Å². The van der Waals surface area contributed by atoms with E-state index in [1.54, 1.807) is 0 Å². The fourth-order valence-electron chi connectivity index (χ4n) is 14.9. The average Bonchev–Trinajstić information content (AvgIpc) is 3.80. The van der Waals surface area contributed by atoms with Gasteiger partial charge in [-0.2, -0.15) is 0 Å². The van der Waals surface area contributed by atoms with Gasteiger partial charge in [-0.15, -0.1) is 0 Å². The zero-order valence-corrected chi connectivity index (χ0v) is 42.7. The molecular weight excluding hydrogens is 965 g/mol. The second-order valence-corrected chi connectivity index (χ2v) is 23.8. The number of hydrogen-bond acceptors (Lipinski definition) is 22. The van der Waals surface area contributed by atoms with Crippen molar-refractivity contribution in [3.05, 3.63) is 11.6 Å². The molecular formula is C51H84O22. The second kappa shape index (κ2) is 21.8. The van der Waals surface area contributed by atoms with Crippen LogP contribution in [0, 0.1) is 46.3 Å². The van der Waals surface area contributed by atoms with Gasteiger partial charge in [-0.3, -0.25) is 0 Å². The highest BCUT2D eigenvalue weighted by Gasteiger charge is 2.68. The third kappa shape index (κ3) is 10.2. The molecule has 0 aromatic carbocycles. The van der Waals surface area contributed by atoms with Crippen molar-refractivity contribution in [2.45, 2.75) is 240 Å². The van der Waals surface area contributed by atoms with E-state index in [0.29, 0.717) is 43.4 Å². The largest absolute Gasteiger partial charge is 0.394 e. The molecule has 22 heteroatoms. The molecule has 0 bridgehead atoms. The van der Waals surface area contributed by atoms with Gasteiger partial charge in [0.1, 0.15) is 85.5 Å². The Bertz CT molecular complexity index is 1900. The monoisotopic (exact) mass is 1050 g/mol. The van der Waals surface area contributed by atoms with Crippen molar-refractivity contribution in [1.29, 1.82) is 0 Å². The first kappa shape index (κ1) is 56.6. The van der Waals surface area contributed by atoms with Crippen LogP contribution in [0.5, 0.6) is 0 Å². The van der Waals surface area contributed by atoms with Gasteiger partial charge in [0.25, 0.3) is 0 Å². The summed E-state index contributed by atoms with van der Waals surface area (Å²) in [6.07, 6.45) is -20.3. The molecule has 8 fully saturated rings. The van der Waals surface area contributed by atoms with E-state index in [2.05, 4.69) is 26.8 Å². The zero-order chi connectivity index (χ0) is 52.8. The molecule has 73 heavy (non-hydrogen) atoms. The maximum atomic E-state index is 12.1. The lowest BCUT2D eigenvalue weighted by Gasteiger charge is -2.58. The minimum atomic E-state index is -1.77. The standard InChI is InChI=1S/C51H84O22/c1-20(19-65-45-40(61)38(59)35(56)30(17-52)69-45)9-14-51(64)21(2)32-29(73-51)16-28-26-8-7-24-15-25(10-12-49(24,5)27(26)11-13-50(28,32)6)68-48-44(39(60)36(57)31(18-53)70-48)72-47-42(63)43(34(55)23(4)67-47)71-46-41(62)37(58)33(54)22(3)66-46/h7,20-23,25-48,52-64H,8-19H2,1-6H3. The molecule has 22 nitrogen and oxygen atoms in total. The van der Waals surface area contributed by atoms with Crippen molar-refractivity contribution in [3.8, 4) is 0 Å². The second-order valence-electron chi connectivity index (χ2n) is 23.8. The van der Waals surface area contributed by atoms with Crippen LogP contribution in [-0.4, -0.2) is 227 Å². The van der Waals surface area contributed by atoms with Crippen molar-refractivity contribution in [2.24, 2.45) is 46.3 Å². The lowest BCUT2D eigenvalue weighted by atomic mass is 9.47. The molecule has 3 saturated carbocycles. The van der Waals surface area contributed by atoms with E-state index in [9.17, 15) is 66.4 Å². The summed E-state index contributed by atoms with van der Waals surface area (Å²) in [5.74, 6) is -0.181. The molecule has 0 amide bonds. The predicted octanol–water partition coefficient (Wildman–Crippen LogP) is -1.98. The molecule has 0 aromatic heterocycles. The SMILES string of the molecule is CC(CCC1(O)OC2CC3C4CC=C5CC(OC6OC(CO)C(O)C(O)C6OC6OC(C)C(O)C(OC7OC(C)C(O)C(O)C7O)C6O)CCC5(C)C4CCC3(C)C2C1C)COC1OC(CO)C(O)C(O)C1O. The summed E-state index contributed by atoms with van der Waals surface area (Å²) in [6.45, 7) is 10.7. The molecule has 31 unspecified atom stereocenters. The Balaban J connectivity index is 0.822. The van der Waals surface area contributed by atoms with Crippen LogP contribution in [-0.2, 0) is 42.6 Å². The Morgan fingerprint density at radius 3 is 1.93 bits per heavy atom. The molecule has 5 aliphatic heterocycles.